The Morgan fingerprint density at radius 2 is 1.52 bits per heavy atom. The number of anilines is 2. The molecule has 2 aromatic rings. The van der Waals surface area contributed by atoms with E-state index in [-0.39, 0.29) is 0 Å². The number of carbonyl (C=O) groups excluding carboxylic acids is 2. The maximum absolute atomic E-state index is 11.9. The summed E-state index contributed by atoms with van der Waals surface area (Å²) >= 11 is 1.35. The first-order valence-corrected chi connectivity index (χ1v) is 7.31. The fraction of sp³-hybridized carbons (Fsp3) is 0.267. The van der Waals surface area contributed by atoms with Crippen molar-refractivity contribution in [3.63, 3.8) is 0 Å². The molecule has 0 radical (unpaired) electrons. The summed E-state index contributed by atoms with van der Waals surface area (Å²) in [5, 5.41) is 5.54. The fourth-order valence-electron chi connectivity index (χ4n) is 1.91. The lowest BCUT2D eigenvalue weighted by molar-refractivity contribution is -0.133. The van der Waals surface area contributed by atoms with E-state index >= 15 is 0 Å². The molecule has 0 saturated carbocycles. The molecule has 0 aliphatic carbocycles. The Kier molecular flexibility index (Phi) is 4.37. The summed E-state index contributed by atoms with van der Waals surface area (Å²) in [5.41, 5.74) is 3.51. The first-order valence-electron chi connectivity index (χ1n) is 6.50. The first kappa shape index (κ1) is 15.2. The molecule has 1 aromatic heterocycles. The van der Waals surface area contributed by atoms with Gasteiger partial charge in [-0.3, -0.25) is 14.9 Å². The summed E-state index contributed by atoms with van der Waals surface area (Å²) in [6.45, 7) is 7.64. The summed E-state index contributed by atoms with van der Waals surface area (Å²) in [7, 11) is 0. The Hall–Kier alpha value is -2.21. The van der Waals surface area contributed by atoms with Crippen LogP contribution in [-0.4, -0.2) is 16.8 Å². The highest BCUT2D eigenvalue weighted by molar-refractivity contribution is 7.15. The van der Waals surface area contributed by atoms with Gasteiger partial charge in [0.15, 0.2) is 5.13 Å². The van der Waals surface area contributed by atoms with Crippen LogP contribution in [-0.2, 0) is 9.59 Å². The van der Waals surface area contributed by atoms with E-state index in [9.17, 15) is 9.59 Å². The molecule has 0 aliphatic rings. The fourth-order valence-corrected chi connectivity index (χ4v) is 2.72. The third-order valence-electron chi connectivity index (χ3n) is 2.93. The van der Waals surface area contributed by atoms with Crippen molar-refractivity contribution in [3.05, 3.63) is 39.9 Å². The smallest absolute Gasteiger partial charge is 0.315 e. The predicted molar refractivity (Wildman–Crippen MR) is 84.8 cm³/mol. The van der Waals surface area contributed by atoms with Gasteiger partial charge in [0, 0.05) is 10.6 Å². The number of aryl methyl sites for hydroxylation is 4. The number of nitrogens with one attached hydrogen (secondary N) is 2. The molecule has 0 spiro atoms. The van der Waals surface area contributed by atoms with Gasteiger partial charge in [0.2, 0.25) is 0 Å². The average molecular weight is 303 g/mol. The molecule has 0 atom stereocenters. The van der Waals surface area contributed by atoms with Gasteiger partial charge in [0.25, 0.3) is 0 Å². The average Bonchev–Trinajstić information content (AvgIpc) is 2.66. The third-order valence-corrected chi connectivity index (χ3v) is 3.92. The van der Waals surface area contributed by atoms with Crippen LogP contribution in [0.1, 0.15) is 21.7 Å². The number of nitrogens with zero attached hydrogens (tertiary/aromatic N) is 1. The van der Waals surface area contributed by atoms with E-state index in [0.29, 0.717) is 10.8 Å². The summed E-state index contributed by atoms with van der Waals surface area (Å²) in [4.78, 5) is 28.9. The normalized spacial score (nSPS) is 10.3. The molecule has 0 aliphatic heterocycles. The van der Waals surface area contributed by atoms with Crippen molar-refractivity contribution in [2.24, 2.45) is 0 Å². The van der Waals surface area contributed by atoms with E-state index in [1.807, 2.05) is 45.9 Å². The molecular weight excluding hydrogens is 286 g/mol. The van der Waals surface area contributed by atoms with Gasteiger partial charge in [0.1, 0.15) is 0 Å². The van der Waals surface area contributed by atoms with Crippen LogP contribution >= 0.6 is 11.3 Å². The maximum Gasteiger partial charge on any atom is 0.315 e. The lowest BCUT2D eigenvalue weighted by Crippen LogP contribution is -2.29. The molecule has 0 unspecified atom stereocenters. The van der Waals surface area contributed by atoms with Gasteiger partial charge in [0.05, 0.1) is 5.69 Å². The van der Waals surface area contributed by atoms with Crippen LogP contribution < -0.4 is 10.6 Å². The minimum absolute atomic E-state index is 0.436. The second-order valence-electron chi connectivity index (χ2n) is 4.95. The van der Waals surface area contributed by atoms with E-state index in [4.69, 9.17) is 0 Å². The molecule has 110 valence electrons. The van der Waals surface area contributed by atoms with Crippen LogP contribution in [0.3, 0.4) is 0 Å². The Labute approximate surface area is 127 Å². The van der Waals surface area contributed by atoms with Crippen molar-refractivity contribution in [2.75, 3.05) is 10.6 Å². The van der Waals surface area contributed by atoms with E-state index in [1.165, 1.54) is 11.3 Å². The number of benzene rings is 1. The highest BCUT2D eigenvalue weighted by Crippen LogP contribution is 2.21. The zero-order valence-corrected chi connectivity index (χ0v) is 13.2. The monoisotopic (exact) mass is 303 g/mol. The van der Waals surface area contributed by atoms with Crippen molar-refractivity contribution in [3.8, 4) is 0 Å². The van der Waals surface area contributed by atoms with Crippen LogP contribution in [0.2, 0.25) is 0 Å². The Morgan fingerprint density at radius 3 is 2.05 bits per heavy atom. The van der Waals surface area contributed by atoms with E-state index < -0.39 is 11.8 Å². The Morgan fingerprint density at radius 1 is 0.952 bits per heavy atom. The number of aromatic nitrogens is 1. The zero-order chi connectivity index (χ0) is 15.6. The van der Waals surface area contributed by atoms with Crippen molar-refractivity contribution in [1.82, 2.24) is 4.98 Å². The molecule has 1 heterocycles. The SMILES string of the molecule is Cc1cc(C)cc(NC(=O)C(=O)Nc2nc(C)c(C)s2)c1. The number of thiazole rings is 1. The topological polar surface area (TPSA) is 71.1 Å². The molecule has 2 amide bonds. The van der Waals surface area contributed by atoms with Crippen molar-refractivity contribution in [2.45, 2.75) is 27.7 Å². The molecule has 0 fully saturated rings. The minimum Gasteiger partial charge on any atom is -0.318 e. The standard InChI is InChI=1S/C15H17N3O2S/c1-8-5-9(2)7-12(6-8)17-13(19)14(20)18-15-16-10(3)11(4)21-15/h5-7H,1-4H3,(H,17,19)(H,16,18,20). The molecule has 2 rings (SSSR count). The molecule has 5 nitrogen and oxygen atoms in total. The van der Waals surface area contributed by atoms with Crippen LogP contribution in [0.25, 0.3) is 0 Å². The van der Waals surface area contributed by atoms with E-state index in [0.717, 1.165) is 21.7 Å². The number of carbonyl (C=O) groups is 2. The van der Waals surface area contributed by atoms with Gasteiger partial charge in [-0.1, -0.05) is 6.07 Å². The van der Waals surface area contributed by atoms with Crippen LogP contribution in [0.4, 0.5) is 10.8 Å². The minimum atomic E-state index is -0.720. The first-order chi connectivity index (χ1) is 9.85. The molecule has 2 N–H and O–H groups in total. The highest BCUT2D eigenvalue weighted by Gasteiger charge is 2.16. The van der Waals surface area contributed by atoms with Crippen LogP contribution in [0.5, 0.6) is 0 Å². The molecule has 1 aromatic carbocycles. The second-order valence-corrected chi connectivity index (χ2v) is 6.15. The Balaban J connectivity index is 2.04. The third kappa shape index (κ3) is 3.88. The zero-order valence-electron chi connectivity index (χ0n) is 12.4. The lowest BCUT2D eigenvalue weighted by Gasteiger charge is -2.07. The number of rotatable bonds is 2. The van der Waals surface area contributed by atoms with E-state index in [1.54, 1.807) is 0 Å². The summed E-state index contributed by atoms with van der Waals surface area (Å²) < 4.78 is 0. The van der Waals surface area contributed by atoms with Gasteiger partial charge >= 0.3 is 11.8 Å². The molecule has 21 heavy (non-hydrogen) atoms. The van der Waals surface area contributed by atoms with Crippen molar-refractivity contribution < 1.29 is 9.59 Å². The van der Waals surface area contributed by atoms with Gasteiger partial charge in [-0.05, 0) is 51.0 Å². The van der Waals surface area contributed by atoms with Gasteiger partial charge in [-0.15, -0.1) is 11.3 Å². The van der Waals surface area contributed by atoms with Crippen molar-refractivity contribution >= 4 is 34.0 Å². The summed E-state index contributed by atoms with van der Waals surface area (Å²) in [6, 6.07) is 5.63. The number of hydrogen-bond donors (Lipinski definition) is 2. The van der Waals surface area contributed by atoms with E-state index in [2.05, 4.69) is 15.6 Å². The number of hydrogen-bond acceptors (Lipinski definition) is 4. The highest BCUT2D eigenvalue weighted by atomic mass is 32.1. The largest absolute Gasteiger partial charge is 0.318 e. The predicted octanol–water partition coefficient (Wildman–Crippen LogP) is 2.95. The van der Waals surface area contributed by atoms with Gasteiger partial charge in [-0.25, -0.2) is 4.98 Å². The van der Waals surface area contributed by atoms with Gasteiger partial charge in [-0.2, -0.15) is 0 Å². The summed E-state index contributed by atoms with van der Waals surface area (Å²) in [6.07, 6.45) is 0. The molecule has 0 bridgehead atoms. The molecule has 6 heteroatoms. The van der Waals surface area contributed by atoms with Crippen LogP contribution in [0.15, 0.2) is 18.2 Å². The quantitative estimate of drug-likeness (QED) is 0.838. The number of amides is 2. The van der Waals surface area contributed by atoms with Gasteiger partial charge < -0.3 is 5.32 Å². The maximum atomic E-state index is 11.9. The van der Waals surface area contributed by atoms with Crippen molar-refractivity contribution in [1.29, 1.82) is 0 Å². The molecule has 0 saturated heterocycles. The van der Waals surface area contributed by atoms with Crippen LogP contribution in [0, 0.1) is 27.7 Å². The summed E-state index contributed by atoms with van der Waals surface area (Å²) in [5.74, 6) is -1.42. The Bertz CT molecular complexity index is 667. The lowest BCUT2D eigenvalue weighted by atomic mass is 10.1. The second kappa shape index (κ2) is 6.05. The molecular formula is C15H17N3O2S.